The lowest BCUT2D eigenvalue weighted by Gasteiger charge is -2.36. The van der Waals surface area contributed by atoms with E-state index in [0.717, 1.165) is 22.0 Å². The molecule has 0 aromatic heterocycles. The number of ether oxygens (including phenoxy) is 1. The third-order valence-electron chi connectivity index (χ3n) is 5.24. The number of allylic oxidation sites excluding steroid dienone is 3. The van der Waals surface area contributed by atoms with Crippen LogP contribution in [0.15, 0.2) is 22.4 Å². The monoisotopic (exact) mass is 451 g/mol. The molecule has 0 N–H and O–H groups in total. The summed E-state index contributed by atoms with van der Waals surface area (Å²) >= 11 is 3.71. The van der Waals surface area contributed by atoms with Gasteiger partial charge in [0, 0.05) is 11.1 Å². The molecule has 0 bridgehead atoms. The fraction of sp³-hybridized carbons (Fsp3) is 0.522. The second kappa shape index (κ2) is 8.40. The first kappa shape index (κ1) is 22.7. The summed E-state index contributed by atoms with van der Waals surface area (Å²) < 4.78 is 21.3. The highest BCUT2D eigenvalue weighted by molar-refractivity contribution is 9.10. The normalized spacial score (nSPS) is 16.6. The summed E-state index contributed by atoms with van der Waals surface area (Å²) in [5.41, 5.74) is 3.73. The molecule has 1 aliphatic carbocycles. The Morgan fingerprint density at radius 3 is 2.39 bits per heavy atom. The number of carboxylic acids is 1. The average Bonchev–Trinajstić information content (AvgIpc) is 2.56. The van der Waals surface area contributed by atoms with Gasteiger partial charge in [-0.05, 0) is 69.3 Å². The number of benzene rings is 1. The van der Waals surface area contributed by atoms with Crippen LogP contribution in [0.2, 0.25) is 0 Å². The molecule has 0 aliphatic heterocycles. The van der Waals surface area contributed by atoms with Crippen LogP contribution in [0.4, 0.5) is 4.39 Å². The zero-order chi connectivity index (χ0) is 21.4. The van der Waals surface area contributed by atoms with E-state index < -0.39 is 11.8 Å². The minimum Gasteiger partial charge on any atom is -0.542 e. The molecule has 0 amide bonds. The van der Waals surface area contributed by atoms with Crippen molar-refractivity contribution in [3.05, 3.63) is 39.1 Å². The van der Waals surface area contributed by atoms with Crippen LogP contribution in [0.5, 0.6) is 5.75 Å². The summed E-state index contributed by atoms with van der Waals surface area (Å²) in [5, 5.41) is 11.3. The van der Waals surface area contributed by atoms with Crippen molar-refractivity contribution in [3.8, 4) is 5.75 Å². The van der Waals surface area contributed by atoms with Crippen LogP contribution in [0.3, 0.4) is 0 Å². The molecule has 2 rings (SSSR count). The molecule has 0 spiro atoms. The van der Waals surface area contributed by atoms with Crippen molar-refractivity contribution in [3.63, 3.8) is 0 Å². The van der Waals surface area contributed by atoms with Crippen molar-refractivity contribution < 1.29 is 19.0 Å². The molecule has 0 fully saturated rings. The summed E-state index contributed by atoms with van der Waals surface area (Å²) in [5.74, 6) is -2.64. The van der Waals surface area contributed by atoms with Gasteiger partial charge >= 0.3 is 0 Å². The van der Waals surface area contributed by atoms with E-state index in [0.29, 0.717) is 17.9 Å². The lowest BCUT2D eigenvalue weighted by atomic mass is 9.70. The van der Waals surface area contributed by atoms with Crippen LogP contribution in [0.1, 0.15) is 71.6 Å². The van der Waals surface area contributed by atoms with Gasteiger partial charge in [-0.2, -0.15) is 0 Å². The van der Waals surface area contributed by atoms with Gasteiger partial charge in [0.2, 0.25) is 0 Å². The number of fused-ring (bicyclic) bond motifs is 1. The van der Waals surface area contributed by atoms with E-state index in [-0.39, 0.29) is 22.8 Å². The fourth-order valence-corrected chi connectivity index (χ4v) is 5.00. The number of halogens is 2. The van der Waals surface area contributed by atoms with Gasteiger partial charge in [0.25, 0.3) is 0 Å². The Balaban J connectivity index is 2.98. The van der Waals surface area contributed by atoms with Crippen molar-refractivity contribution in [2.24, 2.45) is 11.8 Å². The molecular weight excluding hydrogens is 423 g/mol. The maximum Gasteiger partial charge on any atom is 0.150 e. The summed E-state index contributed by atoms with van der Waals surface area (Å²) in [7, 11) is 0. The molecule has 0 unspecified atom stereocenters. The van der Waals surface area contributed by atoms with Crippen LogP contribution >= 0.6 is 15.9 Å². The largest absolute Gasteiger partial charge is 0.542 e. The van der Waals surface area contributed by atoms with Gasteiger partial charge in [0.05, 0.1) is 11.1 Å². The summed E-state index contributed by atoms with van der Waals surface area (Å²) in [6.45, 7) is 14.4. The van der Waals surface area contributed by atoms with Crippen molar-refractivity contribution in [1.29, 1.82) is 0 Å². The predicted molar refractivity (Wildman–Crippen MR) is 114 cm³/mol. The van der Waals surface area contributed by atoms with E-state index >= 15 is 0 Å². The molecule has 1 aromatic carbocycles. The number of carbonyl (C=O) groups excluding carboxylic acids is 1. The Kier molecular flexibility index (Phi) is 6.80. The average molecular weight is 452 g/mol. The zero-order valence-corrected chi connectivity index (χ0v) is 19.3. The molecule has 28 heavy (non-hydrogen) atoms. The van der Waals surface area contributed by atoms with E-state index in [1.807, 2.05) is 13.0 Å². The lowest BCUT2D eigenvalue weighted by Crippen LogP contribution is -2.26. The second-order valence-corrected chi connectivity index (χ2v) is 9.29. The van der Waals surface area contributed by atoms with Crippen LogP contribution in [0, 0.1) is 11.8 Å². The van der Waals surface area contributed by atoms with Crippen molar-refractivity contribution in [2.75, 3.05) is 6.61 Å². The number of rotatable bonds is 6. The van der Waals surface area contributed by atoms with E-state index in [1.54, 1.807) is 13.8 Å². The number of carbonyl (C=O) groups is 1. The molecule has 0 saturated heterocycles. The number of hydrogen-bond donors (Lipinski definition) is 0. The molecule has 154 valence electrons. The quantitative estimate of drug-likeness (QED) is 0.524. The van der Waals surface area contributed by atoms with E-state index in [9.17, 15) is 14.3 Å². The predicted octanol–water partition coefficient (Wildman–Crippen LogP) is 5.66. The third-order valence-corrected chi connectivity index (χ3v) is 5.99. The Labute approximate surface area is 175 Å². The Morgan fingerprint density at radius 2 is 1.93 bits per heavy atom. The molecule has 0 saturated carbocycles. The Morgan fingerprint density at radius 1 is 1.32 bits per heavy atom. The molecule has 0 atom stereocenters. The first-order chi connectivity index (χ1) is 12.9. The van der Waals surface area contributed by atoms with Gasteiger partial charge in [0.1, 0.15) is 17.5 Å². The molecule has 1 aliphatic rings. The minimum atomic E-state index is -1.81. The molecule has 1 aromatic rings. The van der Waals surface area contributed by atoms with E-state index in [2.05, 4.69) is 49.7 Å². The van der Waals surface area contributed by atoms with E-state index in [4.69, 9.17) is 4.74 Å². The standard InChI is InChI=1S/C23H30BrFO3/c1-8-28-21-16(17(13(4)5)20(25)22(26)27)11-15-14(12(2)3)9-10-23(6,7)18(15)19(21)24/h9,11-13H,8,10H2,1-7H3,(H,26,27)/p-1/b20-17+. The lowest BCUT2D eigenvalue weighted by molar-refractivity contribution is -0.301. The molecule has 3 nitrogen and oxygen atoms in total. The van der Waals surface area contributed by atoms with Crippen molar-refractivity contribution in [2.45, 2.75) is 60.3 Å². The maximum atomic E-state index is 14.7. The number of aliphatic carboxylic acids is 1. The Hall–Kier alpha value is -1.62. The highest BCUT2D eigenvalue weighted by atomic mass is 79.9. The summed E-state index contributed by atoms with van der Waals surface area (Å²) in [6, 6.07) is 1.90. The number of hydrogen-bond acceptors (Lipinski definition) is 3. The summed E-state index contributed by atoms with van der Waals surface area (Å²) in [6.07, 6.45) is 3.12. The SMILES string of the molecule is CCOc1c(/C(=C(/F)C(=O)[O-])C(C)C)cc2c(c1Br)C(C)(C)CC=C2C(C)C. The van der Waals surface area contributed by atoms with Gasteiger partial charge < -0.3 is 14.6 Å². The highest BCUT2D eigenvalue weighted by Gasteiger charge is 2.35. The van der Waals surface area contributed by atoms with Gasteiger partial charge in [-0.25, -0.2) is 4.39 Å². The Bertz CT molecular complexity index is 848. The summed E-state index contributed by atoms with van der Waals surface area (Å²) in [4.78, 5) is 11.3. The highest BCUT2D eigenvalue weighted by Crippen LogP contribution is 2.51. The van der Waals surface area contributed by atoms with E-state index in [1.165, 1.54) is 5.57 Å². The fourth-order valence-electron chi connectivity index (χ4n) is 3.92. The van der Waals surface area contributed by atoms with Gasteiger partial charge in [-0.1, -0.05) is 47.6 Å². The van der Waals surface area contributed by atoms with Crippen molar-refractivity contribution in [1.82, 2.24) is 0 Å². The smallest absolute Gasteiger partial charge is 0.150 e. The van der Waals surface area contributed by atoms with Gasteiger partial charge in [-0.15, -0.1) is 0 Å². The minimum absolute atomic E-state index is 0.0958. The van der Waals surface area contributed by atoms with Crippen LogP contribution in [-0.4, -0.2) is 12.6 Å². The van der Waals surface area contributed by atoms with Gasteiger partial charge in [-0.3, -0.25) is 0 Å². The molecule has 0 radical (unpaired) electrons. The maximum absolute atomic E-state index is 14.7. The zero-order valence-electron chi connectivity index (χ0n) is 17.7. The third kappa shape index (κ3) is 4.05. The molecule has 0 heterocycles. The first-order valence-electron chi connectivity index (χ1n) is 9.75. The van der Waals surface area contributed by atoms with Crippen LogP contribution in [-0.2, 0) is 10.2 Å². The number of carboxylic acid groups (broad SMARTS) is 1. The second-order valence-electron chi connectivity index (χ2n) is 8.49. The molecular formula is C23H29BrFO3-. The van der Waals surface area contributed by atoms with Crippen LogP contribution in [0.25, 0.3) is 11.1 Å². The van der Waals surface area contributed by atoms with Crippen molar-refractivity contribution >= 4 is 33.0 Å². The topological polar surface area (TPSA) is 49.4 Å². The first-order valence-corrected chi connectivity index (χ1v) is 10.5. The molecule has 5 heteroatoms. The van der Waals surface area contributed by atoms with Gasteiger partial charge in [0.15, 0.2) is 0 Å². The van der Waals surface area contributed by atoms with Crippen LogP contribution < -0.4 is 9.84 Å².